The monoisotopic (exact) mass is 287 g/mol. The van der Waals surface area contributed by atoms with Crippen molar-refractivity contribution < 1.29 is 26.4 Å². The number of carbonyl (C=O) groups excluding carboxylic acids is 1. The van der Waals surface area contributed by atoms with Crippen LogP contribution in [0.15, 0.2) is 0 Å². The summed E-state index contributed by atoms with van der Waals surface area (Å²) in [6.07, 6.45) is 0.957. The fourth-order valence-electron chi connectivity index (χ4n) is 1.00. The van der Waals surface area contributed by atoms with Gasteiger partial charge in [-0.2, -0.15) is 4.31 Å². The van der Waals surface area contributed by atoms with Gasteiger partial charge in [-0.15, -0.1) is 0 Å². The zero-order valence-corrected chi connectivity index (χ0v) is 11.7. The first-order valence-corrected chi connectivity index (χ1v) is 8.51. The van der Waals surface area contributed by atoms with E-state index in [2.05, 4.69) is 4.74 Å². The van der Waals surface area contributed by atoms with Crippen LogP contribution < -0.4 is 0 Å². The Morgan fingerprint density at radius 3 is 2.06 bits per heavy atom. The molecule has 0 spiro atoms. The first-order chi connectivity index (χ1) is 7.62. The van der Waals surface area contributed by atoms with E-state index in [9.17, 15) is 21.6 Å². The van der Waals surface area contributed by atoms with E-state index in [1.807, 2.05) is 0 Å². The van der Waals surface area contributed by atoms with Gasteiger partial charge in [0.15, 0.2) is 0 Å². The Balaban J connectivity index is 4.71. The van der Waals surface area contributed by atoms with Crippen molar-refractivity contribution in [3.63, 3.8) is 0 Å². The third kappa shape index (κ3) is 6.59. The largest absolute Gasteiger partial charge is 0.468 e. The van der Waals surface area contributed by atoms with Crippen LogP contribution in [0, 0.1) is 0 Å². The summed E-state index contributed by atoms with van der Waals surface area (Å²) in [5.74, 6) is -1.68. The molecule has 0 amide bonds. The topological polar surface area (TPSA) is 97.8 Å². The molecule has 0 fully saturated rings. The third-order valence-corrected chi connectivity index (χ3v) is 5.09. The lowest BCUT2D eigenvalue weighted by Crippen LogP contribution is -2.38. The van der Waals surface area contributed by atoms with Crippen molar-refractivity contribution in [2.45, 2.75) is 6.92 Å². The Hall–Kier alpha value is -0.670. The average molecular weight is 287 g/mol. The molecule has 9 heteroatoms. The lowest BCUT2D eigenvalue weighted by molar-refractivity contribution is -0.140. The first-order valence-electron chi connectivity index (χ1n) is 4.84. The van der Waals surface area contributed by atoms with Gasteiger partial charge in [0.1, 0.15) is 16.4 Å². The summed E-state index contributed by atoms with van der Waals surface area (Å²) in [6.45, 7) is 1.24. The van der Waals surface area contributed by atoms with Gasteiger partial charge in [-0.3, -0.25) is 4.79 Å². The summed E-state index contributed by atoms with van der Waals surface area (Å²) >= 11 is 0. The zero-order chi connectivity index (χ0) is 13.7. The molecule has 102 valence electrons. The third-order valence-electron chi connectivity index (χ3n) is 1.99. The summed E-state index contributed by atoms with van der Waals surface area (Å²) in [5.41, 5.74) is 0. The van der Waals surface area contributed by atoms with E-state index >= 15 is 0 Å². The molecule has 0 rings (SSSR count). The minimum atomic E-state index is -3.76. The molecule has 0 heterocycles. The summed E-state index contributed by atoms with van der Waals surface area (Å²) in [5, 5.41) is 0. The Kier molecular flexibility index (Phi) is 6.06. The molecule has 0 aliphatic heterocycles. The predicted octanol–water partition coefficient (Wildman–Crippen LogP) is -1.14. The minimum Gasteiger partial charge on any atom is -0.468 e. The van der Waals surface area contributed by atoms with E-state index in [4.69, 9.17) is 0 Å². The van der Waals surface area contributed by atoms with Crippen molar-refractivity contribution in [3.05, 3.63) is 0 Å². The second kappa shape index (κ2) is 6.31. The van der Waals surface area contributed by atoms with Crippen molar-refractivity contribution in [1.82, 2.24) is 4.31 Å². The molecule has 0 unspecified atom stereocenters. The smallest absolute Gasteiger partial charge is 0.321 e. The van der Waals surface area contributed by atoms with Crippen molar-refractivity contribution in [2.24, 2.45) is 0 Å². The van der Waals surface area contributed by atoms with Gasteiger partial charge < -0.3 is 4.74 Å². The number of sulfonamides is 1. The van der Waals surface area contributed by atoms with Gasteiger partial charge in [-0.1, -0.05) is 6.92 Å². The van der Waals surface area contributed by atoms with Crippen LogP contribution in [-0.4, -0.2) is 65.1 Å². The molecular formula is C8H17NO6S2. The van der Waals surface area contributed by atoms with Crippen LogP contribution in [0.4, 0.5) is 0 Å². The molecule has 0 saturated heterocycles. The number of rotatable bonds is 7. The Bertz CT molecular complexity index is 452. The molecule has 0 aliphatic carbocycles. The van der Waals surface area contributed by atoms with Crippen LogP contribution in [0.2, 0.25) is 0 Å². The van der Waals surface area contributed by atoms with E-state index < -0.39 is 43.9 Å². The van der Waals surface area contributed by atoms with Gasteiger partial charge in [-0.25, -0.2) is 16.8 Å². The first kappa shape index (κ1) is 16.3. The van der Waals surface area contributed by atoms with Crippen LogP contribution in [-0.2, 0) is 29.4 Å². The number of hydrogen-bond donors (Lipinski definition) is 0. The number of likely N-dealkylation sites (N-methyl/N-ethyl adjacent to an activating group) is 1. The molecule has 0 radical (unpaired) electrons. The molecule has 0 aromatic carbocycles. The van der Waals surface area contributed by atoms with Gasteiger partial charge in [0.05, 0.1) is 18.6 Å². The molecule has 17 heavy (non-hydrogen) atoms. The van der Waals surface area contributed by atoms with Crippen LogP contribution in [0.1, 0.15) is 6.92 Å². The summed E-state index contributed by atoms with van der Waals surface area (Å²) in [4.78, 5) is 11.0. The zero-order valence-electron chi connectivity index (χ0n) is 10.0. The van der Waals surface area contributed by atoms with Crippen molar-refractivity contribution in [2.75, 3.05) is 38.0 Å². The number of sulfone groups is 1. The number of esters is 1. The SMILES string of the molecule is CCN(CC(=O)OC)S(=O)(=O)CCS(C)(=O)=O. The van der Waals surface area contributed by atoms with Gasteiger partial charge >= 0.3 is 5.97 Å². The fraction of sp³-hybridized carbons (Fsp3) is 0.875. The van der Waals surface area contributed by atoms with Gasteiger partial charge in [0.2, 0.25) is 10.0 Å². The summed E-state index contributed by atoms with van der Waals surface area (Å²) in [7, 11) is -5.96. The number of ether oxygens (including phenoxy) is 1. The number of hydrogen-bond acceptors (Lipinski definition) is 6. The Morgan fingerprint density at radius 1 is 1.18 bits per heavy atom. The van der Waals surface area contributed by atoms with Crippen LogP contribution in [0.25, 0.3) is 0 Å². The van der Waals surface area contributed by atoms with Gasteiger partial charge in [0, 0.05) is 12.8 Å². The summed E-state index contributed by atoms with van der Waals surface area (Å²) < 4.78 is 50.5. The van der Waals surface area contributed by atoms with Gasteiger partial charge in [-0.05, 0) is 0 Å². The average Bonchev–Trinajstić information content (AvgIpc) is 2.21. The number of carbonyl (C=O) groups is 1. The molecule has 0 bridgehead atoms. The molecule has 7 nitrogen and oxygen atoms in total. The van der Waals surface area contributed by atoms with Crippen molar-refractivity contribution in [1.29, 1.82) is 0 Å². The van der Waals surface area contributed by atoms with E-state index in [1.54, 1.807) is 6.92 Å². The van der Waals surface area contributed by atoms with E-state index in [1.165, 1.54) is 0 Å². The number of nitrogens with zero attached hydrogens (tertiary/aromatic N) is 1. The van der Waals surface area contributed by atoms with Crippen LogP contribution >= 0.6 is 0 Å². The molecule has 0 aliphatic rings. The van der Waals surface area contributed by atoms with Gasteiger partial charge in [0.25, 0.3) is 0 Å². The second-order valence-electron chi connectivity index (χ2n) is 3.45. The van der Waals surface area contributed by atoms with Crippen LogP contribution in [0.3, 0.4) is 0 Å². The fourth-order valence-corrected chi connectivity index (χ4v) is 4.01. The predicted molar refractivity (Wildman–Crippen MR) is 62.8 cm³/mol. The maximum Gasteiger partial charge on any atom is 0.321 e. The minimum absolute atomic E-state index is 0.0845. The highest BCUT2D eigenvalue weighted by Crippen LogP contribution is 2.03. The van der Waals surface area contributed by atoms with E-state index in [0.717, 1.165) is 17.7 Å². The molecule has 0 saturated carbocycles. The second-order valence-corrected chi connectivity index (χ2v) is 7.80. The molecule has 0 N–H and O–H groups in total. The maximum absolute atomic E-state index is 11.7. The maximum atomic E-state index is 11.7. The normalized spacial score (nSPS) is 12.7. The standard InChI is InChI=1S/C8H17NO6S2/c1-4-9(7-8(10)15-2)17(13,14)6-5-16(3,11)12/h4-7H2,1-3H3. The highest BCUT2D eigenvalue weighted by molar-refractivity contribution is 7.93. The van der Waals surface area contributed by atoms with Crippen molar-refractivity contribution >= 4 is 25.8 Å². The molecular weight excluding hydrogens is 270 g/mol. The molecule has 0 atom stereocenters. The molecule has 0 aromatic rings. The van der Waals surface area contributed by atoms with Crippen LogP contribution in [0.5, 0.6) is 0 Å². The van der Waals surface area contributed by atoms with E-state index in [0.29, 0.717) is 0 Å². The molecule has 0 aromatic heterocycles. The van der Waals surface area contributed by atoms with Crippen molar-refractivity contribution in [3.8, 4) is 0 Å². The van der Waals surface area contributed by atoms with E-state index in [-0.39, 0.29) is 6.54 Å². The Morgan fingerprint density at radius 2 is 1.71 bits per heavy atom. The highest BCUT2D eigenvalue weighted by Gasteiger charge is 2.24. The number of methoxy groups -OCH3 is 1. The summed E-state index contributed by atoms with van der Waals surface area (Å²) in [6, 6.07) is 0. The quantitative estimate of drug-likeness (QED) is 0.549. The lowest BCUT2D eigenvalue weighted by atomic mass is 10.6. The highest BCUT2D eigenvalue weighted by atomic mass is 32.2. The Labute approximate surface area is 102 Å². The lowest BCUT2D eigenvalue weighted by Gasteiger charge is -2.18.